The van der Waals surface area contributed by atoms with Gasteiger partial charge in [0.1, 0.15) is 0 Å². The van der Waals surface area contributed by atoms with Crippen LogP contribution in [0.2, 0.25) is 0 Å². The number of nitrogens with two attached hydrogens (primary N) is 1. The van der Waals surface area contributed by atoms with Crippen molar-refractivity contribution in [2.24, 2.45) is 26.3 Å². The Morgan fingerprint density at radius 3 is 2.42 bits per heavy atom. The van der Waals surface area contributed by atoms with Gasteiger partial charge in [-0.2, -0.15) is 0 Å². The van der Waals surface area contributed by atoms with Crippen molar-refractivity contribution in [1.82, 2.24) is 4.90 Å². The Balaban J connectivity index is 1.66. The molecule has 0 aromatic heterocycles. The Labute approximate surface area is 178 Å². The van der Waals surface area contributed by atoms with Crippen molar-refractivity contribution in [3.8, 4) is 11.1 Å². The first-order valence-corrected chi connectivity index (χ1v) is 9.93. The van der Waals surface area contributed by atoms with Crippen LogP contribution in [-0.2, 0) is 4.79 Å². The molecule has 2 aliphatic heterocycles. The van der Waals surface area contributed by atoms with Gasteiger partial charge in [-0.15, -0.1) is 10.2 Å². The van der Waals surface area contributed by atoms with E-state index in [-0.39, 0.29) is 23.7 Å². The first kappa shape index (κ1) is 20.3. The Hall–Kier alpha value is -4.01. The zero-order chi connectivity index (χ0) is 21.8. The minimum Gasteiger partial charge on any atom is -0.339 e. The molecule has 0 radical (unpaired) electrons. The molecule has 2 aromatic carbocycles. The van der Waals surface area contributed by atoms with E-state index in [0.717, 1.165) is 37.1 Å². The van der Waals surface area contributed by atoms with Crippen LogP contribution in [0.1, 0.15) is 35.2 Å². The Morgan fingerprint density at radius 2 is 1.74 bits per heavy atom. The number of nitrogens with zero attached hydrogens (tertiary/aromatic N) is 5. The van der Waals surface area contributed by atoms with Gasteiger partial charge in [0.05, 0.1) is 5.69 Å². The van der Waals surface area contributed by atoms with Crippen LogP contribution in [0, 0.1) is 5.53 Å². The summed E-state index contributed by atoms with van der Waals surface area (Å²) in [7, 11) is 0. The second-order valence-electron chi connectivity index (χ2n) is 7.36. The third-order valence-corrected chi connectivity index (χ3v) is 5.37. The summed E-state index contributed by atoms with van der Waals surface area (Å²) in [5.74, 6) is 4.84. The molecule has 0 atom stereocenters. The number of hydrogen-bond acceptors (Lipinski definition) is 6. The van der Waals surface area contributed by atoms with Crippen molar-refractivity contribution in [3.63, 3.8) is 0 Å². The molecular weight excluding hydrogens is 394 g/mol. The quantitative estimate of drug-likeness (QED) is 0.439. The molecule has 0 unspecified atom stereocenters. The molecule has 2 heterocycles. The van der Waals surface area contributed by atoms with Crippen LogP contribution in [0.3, 0.4) is 0 Å². The minimum atomic E-state index is -0.657. The van der Waals surface area contributed by atoms with E-state index in [1.54, 1.807) is 6.08 Å². The van der Waals surface area contributed by atoms with Crippen LogP contribution in [0.25, 0.3) is 17.2 Å². The fraction of sp³-hybridized carbons (Fsp3) is 0.227. The zero-order valence-electron chi connectivity index (χ0n) is 16.8. The van der Waals surface area contributed by atoms with Gasteiger partial charge in [-0.25, -0.2) is 10.5 Å². The largest absolute Gasteiger partial charge is 0.339 e. The topological polar surface area (TPSA) is 137 Å². The summed E-state index contributed by atoms with van der Waals surface area (Å²) in [6.45, 7) is 1.63. The second-order valence-corrected chi connectivity index (χ2v) is 7.36. The molecule has 2 amide bonds. The van der Waals surface area contributed by atoms with Crippen molar-refractivity contribution in [3.05, 3.63) is 59.2 Å². The van der Waals surface area contributed by atoms with Crippen molar-refractivity contribution in [2.45, 2.75) is 19.3 Å². The van der Waals surface area contributed by atoms with Gasteiger partial charge >= 0.3 is 0 Å². The standard InChI is InChI=1S/C22H21N7O2/c23-26-21(30)18-11-17-8-7-16(12-19(17)25-20(13-18)27-28-24)14-3-5-15(6-4-14)22(31)29-9-1-2-10-29/h3-8,11-12,23H,1-2,9-10,13H2,(H2,24,25,27). The molecule has 156 valence electrons. The maximum Gasteiger partial charge on any atom is 0.291 e. The third kappa shape index (κ3) is 4.30. The highest BCUT2D eigenvalue weighted by molar-refractivity contribution is 6.06. The zero-order valence-corrected chi connectivity index (χ0v) is 16.8. The SMILES string of the molecule is N=NC(=O)C1=Cc2ccc(-c3ccc(C(=O)N4CCCC4)cc3)cc2N=C(N=NN)C1. The summed E-state index contributed by atoms with van der Waals surface area (Å²) in [6.07, 6.45) is 3.85. The normalized spacial score (nSPS) is 15.8. The summed E-state index contributed by atoms with van der Waals surface area (Å²) in [5, 5.41) is 10.1. The molecular formula is C22H21N7O2. The van der Waals surface area contributed by atoms with Crippen LogP contribution in [-0.4, -0.2) is 35.6 Å². The van der Waals surface area contributed by atoms with Crippen LogP contribution < -0.4 is 5.84 Å². The van der Waals surface area contributed by atoms with Crippen LogP contribution in [0.4, 0.5) is 5.69 Å². The average Bonchev–Trinajstić information content (AvgIpc) is 3.27. The number of amides is 2. The minimum absolute atomic E-state index is 0.0644. The number of carbonyl (C=O) groups excluding carboxylic acids is 2. The van der Waals surface area contributed by atoms with Crippen LogP contribution in [0.15, 0.2) is 68.5 Å². The van der Waals surface area contributed by atoms with E-state index in [1.807, 2.05) is 47.4 Å². The van der Waals surface area contributed by atoms with Crippen molar-refractivity contribution >= 4 is 29.4 Å². The summed E-state index contributed by atoms with van der Waals surface area (Å²) in [5.41, 5.74) is 11.1. The molecule has 31 heavy (non-hydrogen) atoms. The van der Waals surface area contributed by atoms with E-state index < -0.39 is 5.91 Å². The Bertz CT molecular complexity index is 1130. The first-order chi connectivity index (χ1) is 15.1. The van der Waals surface area contributed by atoms with E-state index in [9.17, 15) is 9.59 Å². The molecule has 4 rings (SSSR count). The van der Waals surface area contributed by atoms with Gasteiger partial charge in [0.2, 0.25) is 0 Å². The highest BCUT2D eigenvalue weighted by Crippen LogP contribution is 2.32. The fourth-order valence-electron chi connectivity index (χ4n) is 3.77. The van der Waals surface area contributed by atoms with E-state index >= 15 is 0 Å². The smallest absolute Gasteiger partial charge is 0.291 e. The summed E-state index contributed by atoms with van der Waals surface area (Å²) >= 11 is 0. The predicted octanol–water partition coefficient (Wildman–Crippen LogP) is 4.29. The number of hydrogen-bond donors (Lipinski definition) is 2. The van der Waals surface area contributed by atoms with Gasteiger partial charge in [-0.1, -0.05) is 29.5 Å². The van der Waals surface area contributed by atoms with Gasteiger partial charge < -0.3 is 10.7 Å². The van der Waals surface area contributed by atoms with Gasteiger partial charge in [0, 0.05) is 36.2 Å². The second kappa shape index (κ2) is 8.78. The molecule has 0 saturated carbocycles. The molecule has 2 aromatic rings. The Kier molecular flexibility index (Phi) is 5.74. The molecule has 9 nitrogen and oxygen atoms in total. The van der Waals surface area contributed by atoms with Crippen molar-refractivity contribution in [2.75, 3.05) is 13.1 Å². The number of fused-ring (bicyclic) bond motifs is 1. The number of carbonyl (C=O) groups is 2. The summed E-state index contributed by atoms with van der Waals surface area (Å²) in [4.78, 5) is 30.9. The monoisotopic (exact) mass is 415 g/mol. The fourth-order valence-corrected chi connectivity index (χ4v) is 3.77. The maximum absolute atomic E-state index is 12.6. The highest BCUT2D eigenvalue weighted by atomic mass is 16.2. The molecule has 0 bridgehead atoms. The lowest BCUT2D eigenvalue weighted by Gasteiger charge is -2.15. The third-order valence-electron chi connectivity index (χ3n) is 5.37. The van der Waals surface area contributed by atoms with E-state index in [2.05, 4.69) is 20.4 Å². The van der Waals surface area contributed by atoms with Gasteiger partial charge in [-0.3, -0.25) is 9.59 Å². The van der Waals surface area contributed by atoms with Gasteiger partial charge in [0.25, 0.3) is 11.8 Å². The van der Waals surface area contributed by atoms with Crippen molar-refractivity contribution < 1.29 is 9.59 Å². The van der Waals surface area contributed by atoms with Crippen LogP contribution >= 0.6 is 0 Å². The molecule has 1 saturated heterocycles. The maximum atomic E-state index is 12.6. The summed E-state index contributed by atoms with van der Waals surface area (Å²) < 4.78 is 0. The Morgan fingerprint density at radius 1 is 1.03 bits per heavy atom. The highest BCUT2D eigenvalue weighted by Gasteiger charge is 2.20. The number of likely N-dealkylation sites (tertiary alicyclic amines) is 1. The number of nitrogens with one attached hydrogen (secondary N) is 1. The number of benzene rings is 2. The summed E-state index contributed by atoms with van der Waals surface area (Å²) in [6, 6.07) is 13.1. The van der Waals surface area contributed by atoms with E-state index in [4.69, 9.17) is 11.4 Å². The number of rotatable bonds is 3. The van der Waals surface area contributed by atoms with Crippen LogP contribution in [0.5, 0.6) is 0 Å². The molecule has 9 heteroatoms. The number of amidine groups is 1. The van der Waals surface area contributed by atoms with Crippen molar-refractivity contribution in [1.29, 1.82) is 5.53 Å². The lowest BCUT2D eigenvalue weighted by molar-refractivity contribution is -0.115. The molecule has 0 aliphatic carbocycles. The molecule has 0 spiro atoms. The average molecular weight is 415 g/mol. The molecule has 1 fully saturated rings. The van der Waals surface area contributed by atoms with Gasteiger partial charge in [-0.05, 0) is 48.2 Å². The predicted molar refractivity (Wildman–Crippen MR) is 116 cm³/mol. The lowest BCUT2D eigenvalue weighted by atomic mass is 10.00. The van der Waals surface area contributed by atoms with Gasteiger partial charge in [0.15, 0.2) is 5.84 Å². The first-order valence-electron chi connectivity index (χ1n) is 9.93. The lowest BCUT2D eigenvalue weighted by Crippen LogP contribution is -2.27. The molecule has 3 N–H and O–H groups in total. The van der Waals surface area contributed by atoms with E-state index in [1.165, 1.54) is 0 Å². The number of aliphatic imine (C=N–C) groups is 1. The molecule has 2 aliphatic rings. The van der Waals surface area contributed by atoms with E-state index in [0.29, 0.717) is 16.8 Å².